The van der Waals surface area contributed by atoms with Gasteiger partial charge in [0.15, 0.2) is 11.6 Å². The molecule has 3 rings (SSSR count). The van der Waals surface area contributed by atoms with E-state index < -0.39 is 5.82 Å². The second-order valence-corrected chi connectivity index (χ2v) is 4.17. The Balaban J connectivity index is 1.97. The third-order valence-corrected chi connectivity index (χ3v) is 2.87. The molecule has 0 aliphatic carbocycles. The predicted octanol–water partition coefficient (Wildman–Crippen LogP) is 2.16. The van der Waals surface area contributed by atoms with Crippen LogP contribution in [0.1, 0.15) is 16.4 Å². The second-order valence-electron chi connectivity index (χ2n) is 4.17. The van der Waals surface area contributed by atoms with Crippen molar-refractivity contribution in [3.05, 3.63) is 41.9 Å². The molecule has 0 saturated heterocycles. The molecule has 19 heavy (non-hydrogen) atoms. The van der Waals surface area contributed by atoms with E-state index >= 15 is 0 Å². The third-order valence-electron chi connectivity index (χ3n) is 2.87. The van der Waals surface area contributed by atoms with Gasteiger partial charge in [0.05, 0.1) is 12.2 Å². The van der Waals surface area contributed by atoms with Crippen LogP contribution in [0.3, 0.4) is 0 Å². The van der Waals surface area contributed by atoms with Gasteiger partial charge in [0.2, 0.25) is 0 Å². The first-order valence-corrected chi connectivity index (χ1v) is 5.81. The van der Waals surface area contributed by atoms with Gasteiger partial charge in [-0.3, -0.25) is 9.69 Å². The fourth-order valence-electron chi connectivity index (χ4n) is 2.00. The predicted molar refractivity (Wildman–Crippen MR) is 64.8 cm³/mol. The minimum absolute atomic E-state index is 0.231. The summed E-state index contributed by atoms with van der Waals surface area (Å²) in [4.78, 5) is 17.8. The van der Waals surface area contributed by atoms with E-state index in [4.69, 9.17) is 9.15 Å². The van der Waals surface area contributed by atoms with Gasteiger partial charge in [-0.25, -0.2) is 9.37 Å². The molecule has 6 heteroatoms. The highest BCUT2D eigenvalue weighted by Crippen LogP contribution is 2.32. The van der Waals surface area contributed by atoms with Crippen LogP contribution >= 0.6 is 0 Å². The Kier molecular flexibility index (Phi) is 2.70. The summed E-state index contributed by atoms with van der Waals surface area (Å²) < 4.78 is 23.5. The normalized spacial score (nSPS) is 13.9. The lowest BCUT2D eigenvalue weighted by atomic mass is 10.2. The summed E-state index contributed by atoms with van der Waals surface area (Å²) in [6.45, 7) is 2.38. The number of benzene rings is 1. The van der Waals surface area contributed by atoms with Gasteiger partial charge in [0, 0.05) is 13.0 Å². The van der Waals surface area contributed by atoms with Crippen LogP contribution in [0.5, 0.6) is 5.75 Å². The minimum atomic E-state index is -0.398. The Morgan fingerprint density at radius 1 is 1.47 bits per heavy atom. The summed E-state index contributed by atoms with van der Waals surface area (Å²) in [5, 5.41) is 0. The van der Waals surface area contributed by atoms with E-state index in [1.165, 1.54) is 29.4 Å². The molecule has 98 valence electrons. The number of anilines is 1. The molecule has 1 aromatic carbocycles. The van der Waals surface area contributed by atoms with Crippen LogP contribution in [0.4, 0.5) is 10.1 Å². The molecule has 2 heterocycles. The Labute approximate surface area is 108 Å². The Morgan fingerprint density at radius 2 is 2.32 bits per heavy atom. The van der Waals surface area contributed by atoms with Crippen LogP contribution in [0.2, 0.25) is 0 Å². The summed E-state index contributed by atoms with van der Waals surface area (Å²) in [5.74, 6) is 0.106. The molecule has 1 aromatic heterocycles. The van der Waals surface area contributed by atoms with Gasteiger partial charge in [-0.05, 0) is 12.1 Å². The molecule has 0 unspecified atom stereocenters. The number of rotatable bonds is 1. The molecule has 0 atom stereocenters. The highest BCUT2D eigenvalue weighted by Gasteiger charge is 2.26. The van der Waals surface area contributed by atoms with Crippen molar-refractivity contribution in [1.29, 1.82) is 0 Å². The highest BCUT2D eigenvalue weighted by atomic mass is 19.1. The van der Waals surface area contributed by atoms with E-state index in [0.717, 1.165) is 0 Å². The van der Waals surface area contributed by atoms with Gasteiger partial charge in [-0.15, -0.1) is 0 Å². The third kappa shape index (κ3) is 2.05. The molecule has 0 saturated carbocycles. The maximum Gasteiger partial charge on any atom is 0.280 e. The largest absolute Gasteiger partial charge is 0.489 e. The number of hydrogen-bond donors (Lipinski definition) is 0. The van der Waals surface area contributed by atoms with Crippen LogP contribution in [-0.4, -0.2) is 24.0 Å². The van der Waals surface area contributed by atoms with E-state index in [1.54, 1.807) is 6.92 Å². The van der Waals surface area contributed by atoms with Crippen LogP contribution in [0, 0.1) is 12.7 Å². The lowest BCUT2D eigenvalue weighted by Crippen LogP contribution is -2.38. The zero-order chi connectivity index (χ0) is 13.4. The first-order chi connectivity index (χ1) is 9.15. The average Bonchev–Trinajstić information content (AvgIpc) is 2.83. The lowest BCUT2D eigenvalue weighted by molar-refractivity contribution is 0.0971. The lowest BCUT2D eigenvalue weighted by Gasteiger charge is -2.28. The van der Waals surface area contributed by atoms with Gasteiger partial charge in [-0.1, -0.05) is 0 Å². The number of fused-ring (bicyclic) bond motifs is 1. The Bertz CT molecular complexity index is 639. The van der Waals surface area contributed by atoms with Crippen molar-refractivity contribution in [2.75, 3.05) is 18.1 Å². The van der Waals surface area contributed by atoms with E-state index in [9.17, 15) is 9.18 Å². The summed E-state index contributed by atoms with van der Waals surface area (Å²) in [6.07, 6.45) is 1.32. The molecule has 1 aliphatic rings. The minimum Gasteiger partial charge on any atom is -0.489 e. The van der Waals surface area contributed by atoms with Gasteiger partial charge in [0.1, 0.15) is 24.4 Å². The van der Waals surface area contributed by atoms with Crippen LogP contribution in [0.25, 0.3) is 0 Å². The van der Waals surface area contributed by atoms with Crippen molar-refractivity contribution in [3.8, 4) is 5.75 Å². The van der Waals surface area contributed by atoms with Crippen LogP contribution < -0.4 is 9.64 Å². The zero-order valence-electron chi connectivity index (χ0n) is 10.2. The quantitative estimate of drug-likeness (QED) is 0.790. The smallest absolute Gasteiger partial charge is 0.280 e. The zero-order valence-corrected chi connectivity index (χ0v) is 10.2. The number of ether oxygens (including phenoxy) is 1. The Morgan fingerprint density at radius 3 is 3.05 bits per heavy atom. The molecule has 1 aliphatic heterocycles. The number of hydrogen-bond acceptors (Lipinski definition) is 4. The topological polar surface area (TPSA) is 55.6 Å². The molecule has 0 fully saturated rings. The van der Waals surface area contributed by atoms with Gasteiger partial charge >= 0.3 is 0 Å². The Hall–Kier alpha value is -2.37. The van der Waals surface area contributed by atoms with Crippen molar-refractivity contribution in [2.24, 2.45) is 0 Å². The number of aromatic nitrogens is 1. The molecule has 0 spiro atoms. The summed E-state index contributed by atoms with van der Waals surface area (Å²) in [5.41, 5.74) is 0.771. The van der Waals surface area contributed by atoms with E-state index in [1.807, 2.05) is 0 Å². The van der Waals surface area contributed by atoms with E-state index in [0.29, 0.717) is 30.5 Å². The van der Waals surface area contributed by atoms with Crippen LogP contribution in [0.15, 0.2) is 28.9 Å². The molecule has 5 nitrogen and oxygen atoms in total. The maximum absolute atomic E-state index is 13.1. The molecular weight excluding hydrogens is 251 g/mol. The monoisotopic (exact) mass is 262 g/mol. The number of oxazole rings is 1. The van der Waals surface area contributed by atoms with Gasteiger partial charge < -0.3 is 9.15 Å². The van der Waals surface area contributed by atoms with Gasteiger partial charge in [-0.2, -0.15) is 0 Å². The first-order valence-electron chi connectivity index (χ1n) is 5.81. The number of halogens is 1. The number of nitrogens with zero attached hydrogens (tertiary/aromatic N) is 2. The van der Waals surface area contributed by atoms with Crippen LogP contribution in [-0.2, 0) is 0 Å². The second kappa shape index (κ2) is 4.38. The molecule has 0 radical (unpaired) electrons. The standard InChI is InChI=1S/C13H11FN2O3/c1-8-15-10(7-19-8)13(17)16-4-5-18-12-6-9(14)2-3-11(12)16/h2-3,6-7H,4-5H2,1H3. The first kappa shape index (κ1) is 11.7. The molecule has 2 aromatic rings. The molecule has 0 N–H and O–H groups in total. The molecular formula is C13H11FN2O3. The van der Waals surface area contributed by atoms with Crippen molar-refractivity contribution < 1.29 is 18.3 Å². The molecule has 1 amide bonds. The average molecular weight is 262 g/mol. The summed E-state index contributed by atoms with van der Waals surface area (Å²) in [6, 6.07) is 4.08. The number of aryl methyl sites for hydroxylation is 1. The van der Waals surface area contributed by atoms with Crippen molar-refractivity contribution >= 4 is 11.6 Å². The summed E-state index contributed by atoms with van der Waals surface area (Å²) in [7, 11) is 0. The number of amides is 1. The number of carbonyl (C=O) groups excluding carboxylic acids is 1. The number of carbonyl (C=O) groups is 1. The summed E-state index contributed by atoms with van der Waals surface area (Å²) >= 11 is 0. The fraction of sp³-hybridized carbons (Fsp3) is 0.231. The van der Waals surface area contributed by atoms with E-state index in [2.05, 4.69) is 4.98 Å². The van der Waals surface area contributed by atoms with Gasteiger partial charge in [0.25, 0.3) is 5.91 Å². The van der Waals surface area contributed by atoms with Crippen molar-refractivity contribution in [2.45, 2.75) is 6.92 Å². The van der Waals surface area contributed by atoms with Crippen molar-refractivity contribution in [1.82, 2.24) is 4.98 Å². The van der Waals surface area contributed by atoms with E-state index in [-0.39, 0.29) is 11.6 Å². The maximum atomic E-state index is 13.1. The highest BCUT2D eigenvalue weighted by molar-refractivity contribution is 6.05. The SMILES string of the molecule is Cc1nc(C(=O)N2CCOc3cc(F)ccc32)co1. The van der Waals surface area contributed by atoms with Crippen molar-refractivity contribution in [3.63, 3.8) is 0 Å². The fourth-order valence-corrected chi connectivity index (χ4v) is 2.00. The molecule has 0 bridgehead atoms.